The highest BCUT2D eigenvalue weighted by Gasteiger charge is 2.07. The van der Waals surface area contributed by atoms with Crippen molar-refractivity contribution in [3.05, 3.63) is 48.7 Å². The van der Waals surface area contributed by atoms with Crippen molar-refractivity contribution in [1.29, 1.82) is 0 Å². The van der Waals surface area contributed by atoms with Gasteiger partial charge in [0.15, 0.2) is 5.76 Å². The van der Waals surface area contributed by atoms with Crippen molar-refractivity contribution in [2.75, 3.05) is 18.4 Å². The Bertz CT molecular complexity index is 554. The van der Waals surface area contributed by atoms with Crippen molar-refractivity contribution in [1.82, 2.24) is 15.6 Å². The maximum Gasteiger partial charge on any atom is 0.319 e. The van der Waals surface area contributed by atoms with Gasteiger partial charge >= 0.3 is 6.03 Å². The number of aromatic nitrogens is 1. The Hall–Kier alpha value is -2.83. The molecule has 2 heterocycles. The number of hydrogen-bond acceptors (Lipinski definition) is 4. The molecule has 3 amide bonds. The quantitative estimate of drug-likeness (QED) is 0.714. The van der Waals surface area contributed by atoms with Gasteiger partial charge in [-0.3, -0.25) is 9.78 Å². The van der Waals surface area contributed by atoms with E-state index in [9.17, 15) is 9.59 Å². The van der Waals surface area contributed by atoms with E-state index in [4.69, 9.17) is 4.42 Å². The molecule has 0 aliphatic rings. The van der Waals surface area contributed by atoms with Crippen LogP contribution in [0, 0.1) is 0 Å². The van der Waals surface area contributed by atoms with Gasteiger partial charge < -0.3 is 20.4 Å². The number of rotatable bonds is 5. The Morgan fingerprint density at radius 3 is 2.55 bits per heavy atom. The maximum absolute atomic E-state index is 11.5. The summed E-state index contributed by atoms with van der Waals surface area (Å²) in [6, 6.07) is 6.22. The first-order valence-electron chi connectivity index (χ1n) is 6.02. The van der Waals surface area contributed by atoms with Gasteiger partial charge in [-0.05, 0) is 24.3 Å². The van der Waals surface area contributed by atoms with E-state index in [0.29, 0.717) is 18.8 Å². The average molecular weight is 274 g/mol. The predicted molar refractivity (Wildman–Crippen MR) is 72.3 cm³/mol. The molecule has 0 atom stereocenters. The SMILES string of the molecule is O=C(NCCNC(=O)c1ccco1)Nc1ccncc1. The highest BCUT2D eigenvalue weighted by Crippen LogP contribution is 2.02. The summed E-state index contributed by atoms with van der Waals surface area (Å²) in [7, 11) is 0. The van der Waals surface area contributed by atoms with E-state index in [-0.39, 0.29) is 17.7 Å². The second kappa shape index (κ2) is 6.93. The summed E-state index contributed by atoms with van der Waals surface area (Å²) in [5, 5.41) is 7.87. The van der Waals surface area contributed by atoms with Crippen molar-refractivity contribution in [3.8, 4) is 0 Å². The minimum atomic E-state index is -0.344. The molecule has 20 heavy (non-hydrogen) atoms. The molecule has 7 heteroatoms. The zero-order chi connectivity index (χ0) is 14.2. The lowest BCUT2D eigenvalue weighted by molar-refractivity contribution is 0.0926. The Labute approximate surface area is 115 Å². The van der Waals surface area contributed by atoms with Crippen LogP contribution in [0.1, 0.15) is 10.6 Å². The zero-order valence-electron chi connectivity index (χ0n) is 10.6. The van der Waals surface area contributed by atoms with Crippen LogP contribution in [0.25, 0.3) is 0 Å². The molecule has 2 aromatic rings. The van der Waals surface area contributed by atoms with E-state index in [1.807, 2.05) is 0 Å². The van der Waals surface area contributed by atoms with Crippen molar-refractivity contribution in [2.45, 2.75) is 0 Å². The van der Waals surface area contributed by atoms with Gasteiger partial charge in [0.1, 0.15) is 0 Å². The normalized spacial score (nSPS) is 9.80. The Morgan fingerprint density at radius 1 is 1.10 bits per heavy atom. The van der Waals surface area contributed by atoms with Crippen LogP contribution in [-0.4, -0.2) is 30.0 Å². The highest BCUT2D eigenvalue weighted by atomic mass is 16.3. The Balaban J connectivity index is 1.64. The maximum atomic E-state index is 11.5. The standard InChI is InChI=1S/C13H14N4O3/c18-12(11-2-1-9-20-11)15-7-8-16-13(19)17-10-3-5-14-6-4-10/h1-6,9H,7-8H2,(H,15,18)(H2,14,16,17,19). The number of carbonyl (C=O) groups is 2. The van der Waals surface area contributed by atoms with E-state index >= 15 is 0 Å². The molecule has 7 nitrogen and oxygen atoms in total. The molecule has 0 bridgehead atoms. The molecule has 0 aliphatic heterocycles. The van der Waals surface area contributed by atoms with Gasteiger partial charge in [0.05, 0.1) is 6.26 Å². The number of hydrogen-bond donors (Lipinski definition) is 3. The average Bonchev–Trinajstić information content (AvgIpc) is 2.99. The van der Waals surface area contributed by atoms with Crippen molar-refractivity contribution in [2.24, 2.45) is 0 Å². The minimum Gasteiger partial charge on any atom is -0.459 e. The molecule has 0 fully saturated rings. The van der Waals surface area contributed by atoms with Gasteiger partial charge in [0.2, 0.25) is 0 Å². The summed E-state index contributed by atoms with van der Waals surface area (Å²) in [5.41, 5.74) is 0.650. The summed E-state index contributed by atoms with van der Waals surface area (Å²) in [6.45, 7) is 0.618. The Kier molecular flexibility index (Phi) is 4.71. The zero-order valence-corrected chi connectivity index (χ0v) is 10.6. The fourth-order valence-corrected chi connectivity index (χ4v) is 1.46. The van der Waals surface area contributed by atoms with Crippen LogP contribution in [0.5, 0.6) is 0 Å². The molecule has 0 spiro atoms. The third-order valence-electron chi connectivity index (χ3n) is 2.38. The minimum absolute atomic E-state index is 0.242. The van der Waals surface area contributed by atoms with Crippen LogP contribution >= 0.6 is 0 Å². The Morgan fingerprint density at radius 2 is 1.85 bits per heavy atom. The number of pyridine rings is 1. The summed E-state index contributed by atoms with van der Waals surface area (Å²) < 4.78 is 4.93. The van der Waals surface area contributed by atoms with Crippen LogP contribution < -0.4 is 16.0 Å². The third kappa shape index (κ3) is 4.13. The number of nitrogens with one attached hydrogen (secondary N) is 3. The summed E-state index contributed by atoms with van der Waals surface area (Å²) in [4.78, 5) is 26.9. The van der Waals surface area contributed by atoms with Gasteiger partial charge in [-0.1, -0.05) is 0 Å². The van der Waals surface area contributed by atoms with Gasteiger partial charge in [0.25, 0.3) is 5.91 Å². The van der Waals surface area contributed by atoms with Crippen LogP contribution in [0.2, 0.25) is 0 Å². The number of urea groups is 1. The molecule has 0 aromatic carbocycles. The smallest absolute Gasteiger partial charge is 0.319 e. The molecule has 2 rings (SSSR count). The van der Waals surface area contributed by atoms with Gasteiger partial charge in [-0.2, -0.15) is 0 Å². The second-order valence-electron chi connectivity index (χ2n) is 3.85. The molecule has 3 N–H and O–H groups in total. The molecule has 0 radical (unpaired) electrons. The van der Waals surface area contributed by atoms with Crippen molar-refractivity contribution < 1.29 is 14.0 Å². The fourth-order valence-electron chi connectivity index (χ4n) is 1.46. The predicted octanol–water partition coefficient (Wildman–Crippen LogP) is 1.23. The largest absolute Gasteiger partial charge is 0.459 e. The van der Waals surface area contributed by atoms with E-state index < -0.39 is 0 Å². The van der Waals surface area contributed by atoms with Crippen molar-refractivity contribution in [3.63, 3.8) is 0 Å². The third-order valence-corrected chi connectivity index (χ3v) is 2.38. The first-order valence-corrected chi connectivity index (χ1v) is 6.02. The van der Waals surface area contributed by atoms with E-state index in [2.05, 4.69) is 20.9 Å². The number of carbonyl (C=O) groups excluding carboxylic acids is 2. The number of anilines is 1. The van der Waals surface area contributed by atoms with Crippen molar-refractivity contribution >= 4 is 17.6 Å². The topological polar surface area (TPSA) is 96.3 Å². The van der Waals surface area contributed by atoms with E-state index in [1.54, 1.807) is 36.7 Å². The molecule has 2 aromatic heterocycles. The monoisotopic (exact) mass is 274 g/mol. The lowest BCUT2D eigenvalue weighted by Gasteiger charge is -2.07. The van der Waals surface area contributed by atoms with Crippen LogP contribution in [-0.2, 0) is 0 Å². The summed E-state index contributed by atoms with van der Waals surface area (Å²) in [5.74, 6) is -0.0717. The second-order valence-corrected chi connectivity index (χ2v) is 3.85. The van der Waals surface area contributed by atoms with E-state index in [0.717, 1.165) is 0 Å². The van der Waals surface area contributed by atoms with E-state index in [1.165, 1.54) is 6.26 Å². The lowest BCUT2D eigenvalue weighted by Crippen LogP contribution is -2.36. The van der Waals surface area contributed by atoms with Crippen LogP contribution in [0.4, 0.5) is 10.5 Å². The molecular weight excluding hydrogens is 260 g/mol. The summed E-state index contributed by atoms with van der Waals surface area (Å²) >= 11 is 0. The molecule has 0 saturated heterocycles. The van der Waals surface area contributed by atoms with Crippen LogP contribution in [0.3, 0.4) is 0 Å². The van der Waals surface area contributed by atoms with Gasteiger partial charge in [-0.25, -0.2) is 4.79 Å². The lowest BCUT2D eigenvalue weighted by atomic mass is 10.4. The molecule has 0 unspecified atom stereocenters. The van der Waals surface area contributed by atoms with Gasteiger partial charge in [-0.15, -0.1) is 0 Å². The molecular formula is C13H14N4O3. The first kappa shape index (κ1) is 13.6. The first-order chi connectivity index (χ1) is 9.75. The van der Waals surface area contributed by atoms with Gasteiger partial charge in [0, 0.05) is 31.2 Å². The summed E-state index contributed by atoms with van der Waals surface area (Å²) in [6.07, 6.45) is 4.59. The number of amides is 3. The molecule has 104 valence electrons. The number of nitrogens with zero attached hydrogens (tertiary/aromatic N) is 1. The van der Waals surface area contributed by atoms with Crippen LogP contribution in [0.15, 0.2) is 47.3 Å². The fraction of sp³-hybridized carbons (Fsp3) is 0.154. The molecule has 0 saturated carbocycles. The molecule has 0 aliphatic carbocycles. The number of furan rings is 1. The highest BCUT2D eigenvalue weighted by molar-refractivity contribution is 5.91.